The van der Waals surface area contributed by atoms with Crippen LogP contribution in [0, 0.1) is 18.3 Å². The monoisotopic (exact) mass is 494 g/mol. The zero-order chi connectivity index (χ0) is 26.4. The Bertz CT molecular complexity index is 1600. The summed E-state index contributed by atoms with van der Waals surface area (Å²) in [4.78, 5) is 42.6. The SMILES string of the molecule is CCOC(=O)c1ccc(NC(=O)/C(C#N)=C\c2c(Oc3ccccc3)nc3c(C)cccn3c2=O)cc1. The number of carbonyl (C=O) groups excluding carboxylic acids is 2. The summed E-state index contributed by atoms with van der Waals surface area (Å²) in [6, 6.07) is 20.1. The summed E-state index contributed by atoms with van der Waals surface area (Å²) in [5, 5.41) is 12.3. The predicted octanol–water partition coefficient (Wildman–Crippen LogP) is 4.52. The highest BCUT2D eigenvalue weighted by Gasteiger charge is 2.18. The smallest absolute Gasteiger partial charge is 0.338 e. The standard InChI is InChI=1S/C28H22N4O5/c1-3-36-28(35)19-11-13-21(14-12-19)30-25(33)20(17-29)16-23-26(37-22-9-5-4-6-10-22)31-24-18(2)8-7-15-32(24)27(23)34/h4-16H,3H2,1-2H3,(H,30,33)/b20-16-. The molecule has 2 aromatic carbocycles. The fraction of sp³-hybridized carbons (Fsp3) is 0.107. The quantitative estimate of drug-likeness (QED) is 0.228. The van der Waals surface area contributed by atoms with E-state index in [2.05, 4.69) is 10.3 Å². The van der Waals surface area contributed by atoms with E-state index in [1.165, 1.54) is 28.7 Å². The summed E-state index contributed by atoms with van der Waals surface area (Å²) < 4.78 is 12.2. The van der Waals surface area contributed by atoms with Crippen molar-refractivity contribution in [3.05, 3.63) is 106 Å². The van der Waals surface area contributed by atoms with Gasteiger partial charge in [0.25, 0.3) is 11.5 Å². The molecule has 2 aromatic heterocycles. The second kappa shape index (κ2) is 11.0. The Morgan fingerprint density at radius 3 is 2.49 bits per heavy atom. The van der Waals surface area contributed by atoms with E-state index in [0.29, 0.717) is 22.6 Å². The number of fused-ring (bicyclic) bond motifs is 1. The largest absolute Gasteiger partial charge is 0.462 e. The number of hydrogen-bond acceptors (Lipinski definition) is 7. The number of nitriles is 1. The highest BCUT2D eigenvalue weighted by molar-refractivity contribution is 6.10. The van der Waals surface area contributed by atoms with Crippen molar-refractivity contribution in [1.29, 1.82) is 5.26 Å². The minimum atomic E-state index is -0.745. The van der Waals surface area contributed by atoms with Crippen molar-refractivity contribution in [2.24, 2.45) is 0 Å². The molecule has 1 amide bonds. The van der Waals surface area contributed by atoms with Crippen molar-refractivity contribution < 1.29 is 19.1 Å². The Balaban J connectivity index is 1.72. The van der Waals surface area contributed by atoms with Gasteiger partial charge in [0.1, 0.15) is 28.6 Å². The Hall–Kier alpha value is -5.23. The van der Waals surface area contributed by atoms with Crippen LogP contribution in [-0.2, 0) is 9.53 Å². The van der Waals surface area contributed by atoms with Crippen LogP contribution in [0.4, 0.5) is 5.69 Å². The van der Waals surface area contributed by atoms with Crippen LogP contribution in [0.5, 0.6) is 11.6 Å². The fourth-order valence-corrected chi connectivity index (χ4v) is 3.49. The number of amides is 1. The summed E-state index contributed by atoms with van der Waals surface area (Å²) in [5.74, 6) is -0.828. The van der Waals surface area contributed by atoms with Crippen molar-refractivity contribution in [2.45, 2.75) is 13.8 Å². The first-order valence-electron chi connectivity index (χ1n) is 11.4. The molecule has 0 spiro atoms. The molecule has 9 nitrogen and oxygen atoms in total. The van der Waals surface area contributed by atoms with E-state index in [0.717, 1.165) is 11.6 Å². The molecule has 0 aliphatic heterocycles. The number of carbonyl (C=O) groups is 2. The van der Waals surface area contributed by atoms with Crippen LogP contribution >= 0.6 is 0 Å². The van der Waals surface area contributed by atoms with Gasteiger partial charge in [0, 0.05) is 11.9 Å². The van der Waals surface area contributed by atoms with Crippen molar-refractivity contribution in [1.82, 2.24) is 9.38 Å². The lowest BCUT2D eigenvalue weighted by molar-refractivity contribution is -0.112. The number of esters is 1. The molecule has 4 rings (SSSR count). The predicted molar refractivity (Wildman–Crippen MR) is 137 cm³/mol. The number of nitrogens with zero attached hydrogens (tertiary/aromatic N) is 3. The van der Waals surface area contributed by atoms with E-state index < -0.39 is 17.4 Å². The molecule has 0 radical (unpaired) electrons. The van der Waals surface area contributed by atoms with Crippen LogP contribution in [0.25, 0.3) is 11.7 Å². The van der Waals surface area contributed by atoms with E-state index >= 15 is 0 Å². The summed E-state index contributed by atoms with van der Waals surface area (Å²) in [5.41, 5.74) is 0.917. The number of pyridine rings is 1. The minimum Gasteiger partial charge on any atom is -0.462 e. The van der Waals surface area contributed by atoms with Crippen LogP contribution in [-0.4, -0.2) is 27.9 Å². The van der Waals surface area contributed by atoms with E-state index in [1.54, 1.807) is 43.5 Å². The molecular weight excluding hydrogens is 472 g/mol. The lowest BCUT2D eigenvalue weighted by Crippen LogP contribution is -2.20. The third-order valence-electron chi connectivity index (χ3n) is 5.31. The maximum atomic E-state index is 13.4. The first-order chi connectivity index (χ1) is 17.9. The molecule has 0 aliphatic carbocycles. The summed E-state index contributed by atoms with van der Waals surface area (Å²) >= 11 is 0. The summed E-state index contributed by atoms with van der Waals surface area (Å²) in [6.45, 7) is 3.76. The normalized spacial score (nSPS) is 11.0. The lowest BCUT2D eigenvalue weighted by atomic mass is 10.1. The van der Waals surface area contributed by atoms with Gasteiger partial charge in [-0.2, -0.15) is 10.2 Å². The molecule has 0 fully saturated rings. The number of benzene rings is 2. The van der Waals surface area contributed by atoms with Crippen LogP contribution in [0.15, 0.2) is 83.3 Å². The van der Waals surface area contributed by atoms with Gasteiger partial charge in [0.05, 0.1) is 12.2 Å². The van der Waals surface area contributed by atoms with E-state index in [-0.39, 0.29) is 23.6 Å². The maximum absolute atomic E-state index is 13.4. The summed E-state index contributed by atoms with van der Waals surface area (Å²) in [7, 11) is 0. The molecule has 9 heteroatoms. The molecule has 4 aromatic rings. The topological polar surface area (TPSA) is 123 Å². The molecule has 0 aliphatic rings. The van der Waals surface area contributed by atoms with Gasteiger partial charge in [-0.1, -0.05) is 24.3 Å². The van der Waals surface area contributed by atoms with Crippen molar-refractivity contribution >= 4 is 29.3 Å². The minimum absolute atomic E-state index is 0.0372. The molecule has 0 saturated heterocycles. The van der Waals surface area contributed by atoms with Gasteiger partial charge in [-0.05, 0) is 68.0 Å². The van der Waals surface area contributed by atoms with Gasteiger partial charge in [0.2, 0.25) is 5.88 Å². The zero-order valence-corrected chi connectivity index (χ0v) is 20.1. The number of ether oxygens (including phenoxy) is 2. The fourth-order valence-electron chi connectivity index (χ4n) is 3.49. The van der Waals surface area contributed by atoms with Crippen LogP contribution in [0.2, 0.25) is 0 Å². The molecule has 0 atom stereocenters. The molecular formula is C28H22N4O5. The zero-order valence-electron chi connectivity index (χ0n) is 20.1. The lowest BCUT2D eigenvalue weighted by Gasteiger charge is -2.11. The Morgan fingerprint density at radius 2 is 1.81 bits per heavy atom. The number of aromatic nitrogens is 2. The third-order valence-corrected chi connectivity index (χ3v) is 5.31. The van der Waals surface area contributed by atoms with Crippen LogP contribution in [0.3, 0.4) is 0 Å². The van der Waals surface area contributed by atoms with Gasteiger partial charge in [-0.3, -0.25) is 14.0 Å². The highest BCUT2D eigenvalue weighted by atomic mass is 16.5. The van der Waals surface area contributed by atoms with Crippen molar-refractivity contribution in [2.75, 3.05) is 11.9 Å². The number of anilines is 1. The Morgan fingerprint density at radius 1 is 1.08 bits per heavy atom. The second-order valence-corrected chi connectivity index (χ2v) is 7.86. The summed E-state index contributed by atoms with van der Waals surface area (Å²) in [6.07, 6.45) is 2.71. The van der Waals surface area contributed by atoms with Crippen LogP contribution < -0.4 is 15.6 Å². The molecule has 37 heavy (non-hydrogen) atoms. The maximum Gasteiger partial charge on any atom is 0.338 e. The number of aryl methyl sites for hydroxylation is 1. The Kier molecular flexibility index (Phi) is 7.40. The van der Waals surface area contributed by atoms with Gasteiger partial charge in [0.15, 0.2) is 0 Å². The average Bonchev–Trinajstić information content (AvgIpc) is 2.90. The van der Waals surface area contributed by atoms with Crippen molar-refractivity contribution in [3.8, 4) is 17.7 Å². The first kappa shape index (κ1) is 24.9. The van der Waals surface area contributed by atoms with E-state index in [9.17, 15) is 19.6 Å². The average molecular weight is 495 g/mol. The van der Waals surface area contributed by atoms with Crippen LogP contribution in [0.1, 0.15) is 28.4 Å². The third kappa shape index (κ3) is 5.55. The van der Waals surface area contributed by atoms with E-state index in [4.69, 9.17) is 9.47 Å². The number of hydrogen-bond donors (Lipinski definition) is 1. The number of para-hydroxylation sites is 1. The molecule has 1 N–H and O–H groups in total. The number of nitrogens with one attached hydrogen (secondary N) is 1. The first-order valence-corrected chi connectivity index (χ1v) is 11.4. The van der Waals surface area contributed by atoms with E-state index in [1.807, 2.05) is 25.1 Å². The molecule has 0 saturated carbocycles. The van der Waals surface area contributed by atoms with Gasteiger partial charge < -0.3 is 14.8 Å². The molecule has 0 unspecified atom stereocenters. The molecule has 2 heterocycles. The molecule has 0 bridgehead atoms. The Labute approximate surface area is 212 Å². The number of rotatable bonds is 7. The van der Waals surface area contributed by atoms with Gasteiger partial charge >= 0.3 is 5.97 Å². The van der Waals surface area contributed by atoms with Gasteiger partial charge in [-0.25, -0.2) is 4.79 Å². The van der Waals surface area contributed by atoms with Gasteiger partial charge in [-0.15, -0.1) is 0 Å². The molecule has 184 valence electrons. The van der Waals surface area contributed by atoms with Crippen molar-refractivity contribution in [3.63, 3.8) is 0 Å². The highest BCUT2D eigenvalue weighted by Crippen LogP contribution is 2.24. The second-order valence-electron chi connectivity index (χ2n) is 7.86.